The minimum Gasteiger partial charge on any atom is -0.489 e. The highest BCUT2D eigenvalue weighted by atomic mass is 16.5. The number of benzene rings is 5. The Bertz CT molecular complexity index is 1350. The van der Waals surface area contributed by atoms with Gasteiger partial charge in [-0.2, -0.15) is 0 Å². The van der Waals surface area contributed by atoms with Crippen molar-refractivity contribution < 1.29 is 14.2 Å². The molecular weight excluding hydrogens is 444 g/mol. The monoisotopic (exact) mass is 472 g/mol. The minimum atomic E-state index is 0.456. The average molecular weight is 473 g/mol. The molecule has 0 aromatic heterocycles. The van der Waals surface area contributed by atoms with E-state index in [-0.39, 0.29) is 0 Å². The third-order valence-corrected chi connectivity index (χ3v) is 5.86. The number of hydrogen-bond acceptors (Lipinski definition) is 3. The molecular formula is C33H28O3. The number of rotatable bonds is 10. The summed E-state index contributed by atoms with van der Waals surface area (Å²) in [5, 5.41) is 0. The van der Waals surface area contributed by atoms with Gasteiger partial charge in [-0.15, -0.1) is 0 Å². The van der Waals surface area contributed by atoms with Gasteiger partial charge in [0.05, 0.1) is 0 Å². The Morgan fingerprint density at radius 1 is 0.389 bits per heavy atom. The van der Waals surface area contributed by atoms with Crippen LogP contribution in [-0.4, -0.2) is 0 Å². The molecule has 0 saturated heterocycles. The van der Waals surface area contributed by atoms with Gasteiger partial charge in [-0.05, 0) is 40.5 Å². The van der Waals surface area contributed by atoms with Gasteiger partial charge in [0.1, 0.15) is 25.6 Å². The summed E-state index contributed by atoms with van der Waals surface area (Å²) in [5.41, 5.74) is 5.37. The summed E-state index contributed by atoms with van der Waals surface area (Å²) < 4.78 is 18.6. The third kappa shape index (κ3) is 6.13. The Morgan fingerprint density at radius 3 is 1.44 bits per heavy atom. The molecule has 3 nitrogen and oxygen atoms in total. The van der Waals surface area contributed by atoms with Gasteiger partial charge in [-0.1, -0.05) is 115 Å². The van der Waals surface area contributed by atoms with Crippen molar-refractivity contribution in [3.05, 3.63) is 150 Å². The van der Waals surface area contributed by atoms with E-state index in [4.69, 9.17) is 14.2 Å². The van der Waals surface area contributed by atoms with Crippen molar-refractivity contribution in [3.63, 3.8) is 0 Å². The summed E-state index contributed by atoms with van der Waals surface area (Å²) in [6.45, 7) is 1.46. The van der Waals surface area contributed by atoms with Crippen LogP contribution < -0.4 is 14.2 Å². The van der Waals surface area contributed by atoms with Crippen LogP contribution in [0.15, 0.2) is 133 Å². The lowest BCUT2D eigenvalue weighted by atomic mass is 10.0. The van der Waals surface area contributed by atoms with Crippen LogP contribution in [0.5, 0.6) is 17.2 Å². The SMILES string of the molecule is c1ccc(COc2ccc(-c3cccc(OCc4ccccc4)c3OCc3ccccc3)cc2)cc1. The van der Waals surface area contributed by atoms with Crippen LogP contribution in [0.3, 0.4) is 0 Å². The van der Waals surface area contributed by atoms with Crippen molar-refractivity contribution in [2.45, 2.75) is 19.8 Å². The Labute approximate surface area is 212 Å². The molecule has 0 aliphatic rings. The van der Waals surface area contributed by atoms with Crippen molar-refractivity contribution in [1.29, 1.82) is 0 Å². The van der Waals surface area contributed by atoms with Crippen molar-refractivity contribution in [2.24, 2.45) is 0 Å². The Balaban J connectivity index is 1.38. The molecule has 178 valence electrons. The molecule has 0 aliphatic heterocycles. The van der Waals surface area contributed by atoms with Gasteiger partial charge in [0, 0.05) is 5.56 Å². The number of para-hydroxylation sites is 1. The summed E-state index contributed by atoms with van der Waals surface area (Å²) in [7, 11) is 0. The molecule has 5 aromatic carbocycles. The number of ether oxygens (including phenoxy) is 3. The van der Waals surface area contributed by atoms with Crippen LogP contribution in [0, 0.1) is 0 Å². The molecule has 0 radical (unpaired) electrons. The molecule has 36 heavy (non-hydrogen) atoms. The van der Waals surface area contributed by atoms with Gasteiger partial charge in [0.15, 0.2) is 11.5 Å². The first kappa shape index (κ1) is 23.3. The van der Waals surface area contributed by atoms with Gasteiger partial charge in [0.2, 0.25) is 0 Å². The highest BCUT2D eigenvalue weighted by Gasteiger charge is 2.14. The molecule has 0 aliphatic carbocycles. The largest absolute Gasteiger partial charge is 0.489 e. The molecule has 0 saturated carbocycles. The second-order valence-electron chi connectivity index (χ2n) is 8.48. The van der Waals surface area contributed by atoms with E-state index in [2.05, 4.69) is 54.6 Å². The number of hydrogen-bond donors (Lipinski definition) is 0. The lowest BCUT2D eigenvalue weighted by Crippen LogP contribution is -2.02. The predicted octanol–water partition coefficient (Wildman–Crippen LogP) is 8.09. The molecule has 0 N–H and O–H groups in total. The van der Waals surface area contributed by atoms with E-state index in [1.165, 1.54) is 0 Å². The minimum absolute atomic E-state index is 0.456. The quantitative estimate of drug-likeness (QED) is 0.206. The van der Waals surface area contributed by atoms with E-state index < -0.39 is 0 Å². The van der Waals surface area contributed by atoms with Gasteiger partial charge < -0.3 is 14.2 Å². The molecule has 0 bridgehead atoms. The standard InChI is InChI=1S/C33H28O3/c1-4-11-26(12-5-1)23-34-30-21-19-29(20-22-30)31-17-10-18-32(35-24-27-13-6-2-7-14-27)33(31)36-25-28-15-8-3-9-16-28/h1-22H,23-25H2. The first-order valence-electron chi connectivity index (χ1n) is 12.1. The van der Waals surface area contributed by atoms with Crippen LogP contribution in [0.25, 0.3) is 11.1 Å². The second kappa shape index (κ2) is 11.8. The summed E-state index contributed by atoms with van der Waals surface area (Å²) in [4.78, 5) is 0. The molecule has 5 rings (SSSR count). The van der Waals surface area contributed by atoms with Gasteiger partial charge >= 0.3 is 0 Å². The van der Waals surface area contributed by atoms with E-state index in [0.717, 1.165) is 45.1 Å². The van der Waals surface area contributed by atoms with Gasteiger partial charge in [-0.3, -0.25) is 0 Å². The van der Waals surface area contributed by atoms with E-state index in [0.29, 0.717) is 19.8 Å². The van der Waals surface area contributed by atoms with Gasteiger partial charge in [-0.25, -0.2) is 0 Å². The summed E-state index contributed by atoms with van der Waals surface area (Å²) in [6.07, 6.45) is 0. The highest BCUT2D eigenvalue weighted by Crippen LogP contribution is 2.39. The predicted molar refractivity (Wildman–Crippen MR) is 144 cm³/mol. The fraction of sp³-hybridized carbons (Fsp3) is 0.0909. The fourth-order valence-corrected chi connectivity index (χ4v) is 3.94. The maximum Gasteiger partial charge on any atom is 0.169 e. The van der Waals surface area contributed by atoms with Crippen molar-refractivity contribution >= 4 is 0 Å². The normalized spacial score (nSPS) is 10.6. The highest BCUT2D eigenvalue weighted by molar-refractivity contribution is 5.74. The lowest BCUT2D eigenvalue weighted by molar-refractivity contribution is 0.257. The summed E-state index contributed by atoms with van der Waals surface area (Å²) >= 11 is 0. The first-order valence-corrected chi connectivity index (χ1v) is 12.1. The fourth-order valence-electron chi connectivity index (χ4n) is 3.94. The molecule has 0 unspecified atom stereocenters. The van der Waals surface area contributed by atoms with Crippen LogP contribution in [0.2, 0.25) is 0 Å². The van der Waals surface area contributed by atoms with Crippen LogP contribution >= 0.6 is 0 Å². The zero-order valence-corrected chi connectivity index (χ0v) is 20.0. The molecule has 0 fully saturated rings. The first-order chi connectivity index (χ1) is 17.8. The maximum atomic E-state index is 6.38. The summed E-state index contributed by atoms with van der Waals surface area (Å²) in [5.74, 6) is 2.28. The third-order valence-electron chi connectivity index (χ3n) is 5.86. The zero-order chi connectivity index (χ0) is 24.4. The average Bonchev–Trinajstić information content (AvgIpc) is 2.96. The molecule has 5 aromatic rings. The van der Waals surface area contributed by atoms with Crippen molar-refractivity contribution in [3.8, 4) is 28.4 Å². The Hall–Kier alpha value is -4.50. The summed E-state index contributed by atoms with van der Waals surface area (Å²) in [6, 6.07) is 44.6. The Kier molecular flexibility index (Phi) is 7.60. The second-order valence-corrected chi connectivity index (χ2v) is 8.48. The van der Waals surface area contributed by atoms with E-state index in [9.17, 15) is 0 Å². The van der Waals surface area contributed by atoms with Crippen LogP contribution in [0.4, 0.5) is 0 Å². The molecule has 0 atom stereocenters. The molecule has 0 amide bonds. The molecule has 0 spiro atoms. The zero-order valence-electron chi connectivity index (χ0n) is 20.0. The molecule has 0 heterocycles. The van der Waals surface area contributed by atoms with Crippen LogP contribution in [-0.2, 0) is 19.8 Å². The Morgan fingerprint density at radius 2 is 0.889 bits per heavy atom. The topological polar surface area (TPSA) is 27.7 Å². The van der Waals surface area contributed by atoms with E-state index >= 15 is 0 Å². The van der Waals surface area contributed by atoms with Crippen molar-refractivity contribution in [2.75, 3.05) is 0 Å². The maximum absolute atomic E-state index is 6.38. The van der Waals surface area contributed by atoms with Crippen LogP contribution in [0.1, 0.15) is 16.7 Å². The molecule has 3 heteroatoms. The lowest BCUT2D eigenvalue weighted by Gasteiger charge is -2.17. The van der Waals surface area contributed by atoms with E-state index in [1.54, 1.807) is 0 Å². The van der Waals surface area contributed by atoms with E-state index in [1.807, 2.05) is 78.9 Å². The van der Waals surface area contributed by atoms with Gasteiger partial charge in [0.25, 0.3) is 0 Å². The van der Waals surface area contributed by atoms with Crippen molar-refractivity contribution in [1.82, 2.24) is 0 Å². The smallest absolute Gasteiger partial charge is 0.169 e.